The van der Waals surface area contributed by atoms with Gasteiger partial charge in [-0.05, 0) is 12.8 Å². The molecule has 0 spiro atoms. The van der Waals surface area contributed by atoms with Crippen molar-refractivity contribution in [3.63, 3.8) is 0 Å². The van der Waals surface area contributed by atoms with Crippen LogP contribution in [0.2, 0.25) is 0 Å². The maximum absolute atomic E-state index is 12.0. The van der Waals surface area contributed by atoms with Crippen LogP contribution in [0.15, 0.2) is 30.3 Å². The van der Waals surface area contributed by atoms with Crippen LogP contribution in [0.1, 0.15) is 31.6 Å². The van der Waals surface area contributed by atoms with Gasteiger partial charge in [-0.15, -0.1) is 0 Å². The lowest BCUT2D eigenvalue weighted by molar-refractivity contribution is -0.233. The Kier molecular flexibility index (Phi) is 7.05. The number of hydrogen-bond acceptors (Lipinski definition) is 6. The van der Waals surface area contributed by atoms with Crippen LogP contribution in [-0.4, -0.2) is 70.0 Å². The SMILES string of the molecule is CC(=O)N1CCC[C@H](NS(C)(=O)=O)[C@@H]1CO[C@H]1CO[C@@H](c2ccccc2)OC1. The van der Waals surface area contributed by atoms with Gasteiger partial charge in [-0.2, -0.15) is 0 Å². The van der Waals surface area contributed by atoms with Crippen molar-refractivity contribution in [2.24, 2.45) is 0 Å². The van der Waals surface area contributed by atoms with Gasteiger partial charge in [-0.25, -0.2) is 13.1 Å². The van der Waals surface area contributed by atoms with Crippen LogP contribution in [0.25, 0.3) is 0 Å². The third-order valence-corrected chi connectivity index (χ3v) is 5.72. The molecule has 9 heteroatoms. The minimum atomic E-state index is -3.38. The average Bonchev–Trinajstić information content (AvgIpc) is 2.66. The number of nitrogens with one attached hydrogen (secondary N) is 1. The van der Waals surface area contributed by atoms with Gasteiger partial charge in [0.15, 0.2) is 6.29 Å². The highest BCUT2D eigenvalue weighted by Gasteiger charge is 2.36. The molecule has 2 aliphatic rings. The van der Waals surface area contributed by atoms with E-state index in [2.05, 4.69) is 4.72 Å². The molecule has 0 aliphatic carbocycles. The van der Waals surface area contributed by atoms with Crippen LogP contribution in [0.3, 0.4) is 0 Å². The van der Waals surface area contributed by atoms with Crippen molar-refractivity contribution in [3.05, 3.63) is 35.9 Å². The zero-order valence-corrected chi connectivity index (χ0v) is 17.1. The molecule has 3 rings (SSSR count). The summed E-state index contributed by atoms with van der Waals surface area (Å²) in [6.45, 7) is 3.05. The number of ether oxygens (including phenoxy) is 3. The smallest absolute Gasteiger partial charge is 0.219 e. The van der Waals surface area contributed by atoms with E-state index >= 15 is 0 Å². The number of sulfonamides is 1. The molecule has 1 amide bonds. The van der Waals surface area contributed by atoms with E-state index < -0.39 is 16.3 Å². The summed E-state index contributed by atoms with van der Waals surface area (Å²) < 4.78 is 43.5. The lowest BCUT2D eigenvalue weighted by Gasteiger charge is -2.41. The predicted molar refractivity (Wildman–Crippen MR) is 103 cm³/mol. The maximum Gasteiger partial charge on any atom is 0.219 e. The minimum absolute atomic E-state index is 0.0890. The van der Waals surface area contributed by atoms with Gasteiger partial charge in [-0.1, -0.05) is 30.3 Å². The van der Waals surface area contributed by atoms with Crippen molar-refractivity contribution >= 4 is 15.9 Å². The first-order chi connectivity index (χ1) is 13.3. The zero-order valence-electron chi connectivity index (χ0n) is 16.2. The van der Waals surface area contributed by atoms with Crippen LogP contribution in [0.5, 0.6) is 0 Å². The summed E-state index contributed by atoms with van der Waals surface area (Å²) in [5.74, 6) is -0.0890. The number of benzene rings is 1. The van der Waals surface area contributed by atoms with Gasteiger partial charge in [0.05, 0.1) is 32.1 Å². The second kappa shape index (κ2) is 9.32. The Morgan fingerprint density at radius 3 is 2.54 bits per heavy atom. The number of carbonyl (C=O) groups excluding carboxylic acids is 1. The molecular formula is C19H28N2O6S. The molecule has 2 fully saturated rings. The number of piperidine rings is 1. The minimum Gasteiger partial charge on any atom is -0.371 e. The van der Waals surface area contributed by atoms with Gasteiger partial charge in [0, 0.05) is 25.1 Å². The number of amides is 1. The molecule has 156 valence electrons. The molecule has 1 N–H and O–H groups in total. The highest BCUT2D eigenvalue weighted by molar-refractivity contribution is 7.88. The Morgan fingerprint density at radius 2 is 1.93 bits per heavy atom. The van der Waals surface area contributed by atoms with Crippen molar-refractivity contribution in [1.82, 2.24) is 9.62 Å². The fourth-order valence-electron chi connectivity index (χ4n) is 3.69. The molecule has 8 nitrogen and oxygen atoms in total. The molecule has 0 unspecified atom stereocenters. The molecule has 2 heterocycles. The van der Waals surface area contributed by atoms with Crippen molar-refractivity contribution in [2.45, 2.75) is 44.2 Å². The first-order valence-electron chi connectivity index (χ1n) is 9.48. The molecule has 28 heavy (non-hydrogen) atoms. The molecule has 0 bridgehead atoms. The first-order valence-corrected chi connectivity index (χ1v) is 11.4. The fourth-order valence-corrected chi connectivity index (χ4v) is 4.51. The van der Waals surface area contributed by atoms with E-state index in [-0.39, 0.29) is 30.7 Å². The molecule has 0 radical (unpaired) electrons. The van der Waals surface area contributed by atoms with Crippen molar-refractivity contribution in [1.29, 1.82) is 0 Å². The van der Waals surface area contributed by atoms with Gasteiger partial charge < -0.3 is 19.1 Å². The molecule has 2 aliphatic heterocycles. The molecular weight excluding hydrogens is 384 g/mol. The summed E-state index contributed by atoms with van der Waals surface area (Å²) in [7, 11) is -3.38. The van der Waals surface area contributed by atoms with E-state index in [0.717, 1.165) is 18.2 Å². The van der Waals surface area contributed by atoms with E-state index in [1.807, 2.05) is 30.3 Å². The van der Waals surface area contributed by atoms with Crippen molar-refractivity contribution in [2.75, 3.05) is 32.6 Å². The normalized spacial score (nSPS) is 28.9. The standard InChI is InChI=1S/C19H28N2O6S/c1-14(22)21-10-6-9-17(20-28(2,23)24)18(21)13-25-16-11-26-19(27-12-16)15-7-4-3-5-8-15/h3-5,7-8,16-20H,6,9-13H2,1-2H3/t16-,17-,18-,19+/m0/s1. The lowest BCUT2D eigenvalue weighted by Crippen LogP contribution is -2.58. The maximum atomic E-state index is 12.0. The fraction of sp³-hybridized carbons (Fsp3) is 0.632. The van der Waals surface area contributed by atoms with Crippen LogP contribution in [0, 0.1) is 0 Å². The molecule has 2 atom stereocenters. The summed E-state index contributed by atoms with van der Waals surface area (Å²) in [4.78, 5) is 13.7. The highest BCUT2D eigenvalue weighted by atomic mass is 32.2. The van der Waals surface area contributed by atoms with Gasteiger partial charge in [0.1, 0.15) is 6.10 Å². The quantitative estimate of drug-likeness (QED) is 0.751. The average molecular weight is 413 g/mol. The monoisotopic (exact) mass is 412 g/mol. The lowest BCUT2D eigenvalue weighted by atomic mass is 9.97. The Morgan fingerprint density at radius 1 is 1.25 bits per heavy atom. The van der Waals surface area contributed by atoms with E-state index in [4.69, 9.17) is 14.2 Å². The Hall–Kier alpha value is -1.52. The van der Waals surface area contributed by atoms with Crippen LogP contribution < -0.4 is 4.72 Å². The Bertz CT molecular complexity index is 749. The second-order valence-electron chi connectivity index (χ2n) is 7.28. The van der Waals surface area contributed by atoms with Crippen molar-refractivity contribution in [3.8, 4) is 0 Å². The summed E-state index contributed by atoms with van der Waals surface area (Å²) in [5.41, 5.74) is 0.952. The molecule has 1 aromatic rings. The molecule has 0 saturated carbocycles. The summed E-state index contributed by atoms with van der Waals surface area (Å²) >= 11 is 0. The third-order valence-electron chi connectivity index (χ3n) is 4.99. The Labute approximate surface area is 166 Å². The van der Waals surface area contributed by atoms with E-state index in [1.54, 1.807) is 4.90 Å². The van der Waals surface area contributed by atoms with Gasteiger partial charge >= 0.3 is 0 Å². The predicted octanol–water partition coefficient (Wildman–Crippen LogP) is 1.05. The number of rotatable bonds is 6. The second-order valence-corrected chi connectivity index (χ2v) is 9.06. The van der Waals surface area contributed by atoms with E-state index in [9.17, 15) is 13.2 Å². The third kappa shape index (κ3) is 5.74. The van der Waals surface area contributed by atoms with Crippen LogP contribution >= 0.6 is 0 Å². The van der Waals surface area contributed by atoms with Gasteiger partial charge in [-0.3, -0.25) is 4.79 Å². The first kappa shape index (κ1) is 21.2. The molecule has 0 aromatic heterocycles. The number of likely N-dealkylation sites (tertiary alicyclic amines) is 1. The number of carbonyl (C=O) groups is 1. The van der Waals surface area contributed by atoms with Gasteiger partial charge in [0.25, 0.3) is 0 Å². The summed E-state index contributed by atoms with van der Waals surface area (Å²) in [5, 5.41) is 0. The van der Waals surface area contributed by atoms with E-state index in [1.165, 1.54) is 6.92 Å². The van der Waals surface area contributed by atoms with Gasteiger partial charge in [0.2, 0.25) is 15.9 Å². The van der Waals surface area contributed by atoms with Crippen LogP contribution in [0.4, 0.5) is 0 Å². The number of hydrogen-bond donors (Lipinski definition) is 1. The largest absolute Gasteiger partial charge is 0.371 e. The number of nitrogens with zero attached hydrogens (tertiary/aromatic N) is 1. The molecule has 1 aromatic carbocycles. The van der Waals surface area contributed by atoms with E-state index in [0.29, 0.717) is 26.2 Å². The molecule has 2 saturated heterocycles. The zero-order chi connectivity index (χ0) is 20.1. The highest BCUT2D eigenvalue weighted by Crippen LogP contribution is 2.25. The Balaban J connectivity index is 1.57. The summed E-state index contributed by atoms with van der Waals surface area (Å²) in [6, 6.07) is 8.96. The summed E-state index contributed by atoms with van der Waals surface area (Å²) in [6.07, 6.45) is 1.86. The van der Waals surface area contributed by atoms with Crippen LogP contribution in [-0.2, 0) is 29.0 Å². The van der Waals surface area contributed by atoms with Crippen molar-refractivity contribution < 1.29 is 27.4 Å². The topological polar surface area (TPSA) is 94.2 Å².